The first-order chi connectivity index (χ1) is 5.04. The topological polar surface area (TPSA) is 101 Å². The third-order valence-electron chi connectivity index (χ3n) is 1.21. The van der Waals surface area contributed by atoms with Gasteiger partial charge in [0.2, 0.25) is 17.2 Å². The van der Waals surface area contributed by atoms with Crippen molar-refractivity contribution >= 4 is 0 Å². The van der Waals surface area contributed by atoms with Gasteiger partial charge in [-0.1, -0.05) is 0 Å². The molecule has 0 heterocycles. The van der Waals surface area contributed by atoms with Crippen molar-refractivity contribution in [2.45, 2.75) is 0 Å². The molecule has 0 aliphatic carbocycles. The fourth-order valence-electron chi connectivity index (χ4n) is 0.621. The molecule has 0 amide bonds. The molecule has 0 aliphatic heterocycles. The number of phenols is 5. The second-order valence-corrected chi connectivity index (χ2v) is 1.96. The molecule has 0 spiro atoms. The summed E-state index contributed by atoms with van der Waals surface area (Å²) in [4.78, 5) is 0. The average molecular weight is 158 g/mol. The van der Waals surface area contributed by atoms with Gasteiger partial charge in [0, 0.05) is 6.07 Å². The first-order valence-electron chi connectivity index (χ1n) is 2.70. The summed E-state index contributed by atoms with van der Waals surface area (Å²) >= 11 is 0. The van der Waals surface area contributed by atoms with E-state index in [9.17, 15) is 0 Å². The van der Waals surface area contributed by atoms with E-state index in [2.05, 4.69) is 0 Å². The molecule has 0 radical (unpaired) electrons. The van der Waals surface area contributed by atoms with Gasteiger partial charge in [-0.15, -0.1) is 0 Å². The van der Waals surface area contributed by atoms with E-state index in [-0.39, 0.29) is 0 Å². The van der Waals surface area contributed by atoms with Gasteiger partial charge in [-0.2, -0.15) is 0 Å². The Hall–Kier alpha value is -1.78. The van der Waals surface area contributed by atoms with Gasteiger partial charge in [0.25, 0.3) is 0 Å². The molecule has 60 valence electrons. The second kappa shape index (κ2) is 2.12. The van der Waals surface area contributed by atoms with Crippen LogP contribution >= 0.6 is 0 Å². The highest BCUT2D eigenvalue weighted by Crippen LogP contribution is 2.46. The van der Waals surface area contributed by atoms with Crippen LogP contribution in [0.2, 0.25) is 0 Å². The fourth-order valence-corrected chi connectivity index (χ4v) is 0.621. The Bertz CT molecular complexity index is 267. The van der Waals surface area contributed by atoms with E-state index in [1.165, 1.54) is 0 Å². The Morgan fingerprint density at radius 2 is 1.00 bits per heavy atom. The van der Waals surface area contributed by atoms with Crippen molar-refractivity contribution in [3.05, 3.63) is 6.07 Å². The summed E-state index contributed by atoms with van der Waals surface area (Å²) in [6, 6.07) is 0.713. The molecule has 5 N–H and O–H groups in total. The molecule has 11 heavy (non-hydrogen) atoms. The van der Waals surface area contributed by atoms with E-state index in [1.807, 2.05) is 0 Å². The Balaban J connectivity index is 3.46. The molecular formula is C6H6O5. The summed E-state index contributed by atoms with van der Waals surface area (Å²) in [6.07, 6.45) is 0. The van der Waals surface area contributed by atoms with Crippen molar-refractivity contribution in [3.63, 3.8) is 0 Å². The predicted molar refractivity (Wildman–Crippen MR) is 34.8 cm³/mol. The van der Waals surface area contributed by atoms with Crippen molar-refractivity contribution < 1.29 is 25.5 Å². The predicted octanol–water partition coefficient (Wildman–Crippen LogP) is 0.215. The SMILES string of the molecule is Oc1cc(O)c(O)c(O)c1O. The molecule has 0 atom stereocenters. The van der Waals surface area contributed by atoms with E-state index in [4.69, 9.17) is 25.5 Å². The standard InChI is InChI=1S/C6H6O5/c7-2-1-3(8)5(10)6(11)4(2)9/h1,7-11H. The van der Waals surface area contributed by atoms with E-state index in [0.29, 0.717) is 6.07 Å². The highest BCUT2D eigenvalue weighted by molar-refractivity contribution is 5.62. The van der Waals surface area contributed by atoms with Gasteiger partial charge < -0.3 is 25.5 Å². The molecule has 0 bridgehead atoms. The lowest BCUT2D eigenvalue weighted by molar-refractivity contribution is 0.328. The van der Waals surface area contributed by atoms with Crippen LogP contribution in [0.25, 0.3) is 0 Å². The summed E-state index contributed by atoms with van der Waals surface area (Å²) in [6.45, 7) is 0. The molecule has 0 fully saturated rings. The molecular weight excluding hydrogens is 152 g/mol. The van der Waals surface area contributed by atoms with Gasteiger partial charge in [0.15, 0.2) is 11.5 Å². The molecule has 0 saturated carbocycles. The number of rotatable bonds is 0. The zero-order valence-electron chi connectivity index (χ0n) is 5.31. The van der Waals surface area contributed by atoms with Crippen LogP contribution < -0.4 is 0 Å². The van der Waals surface area contributed by atoms with Crippen molar-refractivity contribution in [1.29, 1.82) is 0 Å². The van der Waals surface area contributed by atoms with Crippen molar-refractivity contribution in [2.24, 2.45) is 0 Å². The summed E-state index contributed by atoms with van der Waals surface area (Å²) < 4.78 is 0. The summed E-state index contributed by atoms with van der Waals surface area (Å²) in [5.41, 5.74) is 0. The highest BCUT2D eigenvalue weighted by Gasteiger charge is 2.14. The lowest BCUT2D eigenvalue weighted by atomic mass is 10.2. The summed E-state index contributed by atoms with van der Waals surface area (Å²) in [7, 11) is 0. The Kier molecular flexibility index (Phi) is 1.41. The van der Waals surface area contributed by atoms with E-state index >= 15 is 0 Å². The first kappa shape index (κ1) is 7.33. The van der Waals surface area contributed by atoms with Gasteiger partial charge in [-0.3, -0.25) is 0 Å². The maximum absolute atomic E-state index is 8.75. The molecule has 0 aliphatic rings. The van der Waals surface area contributed by atoms with Gasteiger partial charge in [0.05, 0.1) is 0 Å². The third-order valence-corrected chi connectivity index (χ3v) is 1.21. The summed E-state index contributed by atoms with van der Waals surface area (Å²) in [5, 5.41) is 43.7. The van der Waals surface area contributed by atoms with Crippen LogP contribution in [0.3, 0.4) is 0 Å². The molecule has 5 nitrogen and oxygen atoms in total. The van der Waals surface area contributed by atoms with Crippen LogP contribution in [0.15, 0.2) is 6.07 Å². The fraction of sp³-hybridized carbons (Fsp3) is 0. The van der Waals surface area contributed by atoms with Crippen LogP contribution in [0.5, 0.6) is 28.7 Å². The number of phenolic OH excluding ortho intramolecular Hbond substituents is 5. The van der Waals surface area contributed by atoms with Gasteiger partial charge in [-0.05, 0) is 0 Å². The van der Waals surface area contributed by atoms with Crippen LogP contribution in [0.4, 0.5) is 0 Å². The number of hydrogen-bond donors (Lipinski definition) is 5. The van der Waals surface area contributed by atoms with E-state index < -0.39 is 28.7 Å². The van der Waals surface area contributed by atoms with E-state index in [1.54, 1.807) is 0 Å². The van der Waals surface area contributed by atoms with Gasteiger partial charge >= 0.3 is 0 Å². The lowest BCUT2D eigenvalue weighted by Crippen LogP contribution is -1.74. The maximum Gasteiger partial charge on any atom is 0.208 e. The van der Waals surface area contributed by atoms with Gasteiger partial charge in [0.1, 0.15) is 0 Å². The van der Waals surface area contributed by atoms with Crippen molar-refractivity contribution in [3.8, 4) is 28.7 Å². The summed E-state index contributed by atoms with van der Waals surface area (Å²) in [5.74, 6) is -4.06. The third kappa shape index (κ3) is 0.958. The van der Waals surface area contributed by atoms with Crippen molar-refractivity contribution in [1.82, 2.24) is 0 Å². The first-order valence-corrected chi connectivity index (χ1v) is 2.70. The zero-order valence-corrected chi connectivity index (χ0v) is 5.31. The number of hydrogen-bond acceptors (Lipinski definition) is 5. The normalized spacial score (nSPS) is 9.82. The van der Waals surface area contributed by atoms with Crippen LogP contribution in [-0.4, -0.2) is 25.5 Å². The van der Waals surface area contributed by atoms with Crippen LogP contribution in [-0.2, 0) is 0 Å². The minimum atomic E-state index is -0.942. The Morgan fingerprint density at radius 3 is 1.36 bits per heavy atom. The Morgan fingerprint density at radius 1 is 0.636 bits per heavy atom. The average Bonchev–Trinajstić information content (AvgIpc) is 1.97. The minimum absolute atomic E-state index is 0.696. The number of aromatic hydroxyl groups is 5. The molecule has 1 rings (SSSR count). The Labute approximate surface area is 61.4 Å². The highest BCUT2D eigenvalue weighted by atomic mass is 16.4. The molecule has 0 aromatic heterocycles. The van der Waals surface area contributed by atoms with Crippen LogP contribution in [0.1, 0.15) is 0 Å². The molecule has 0 unspecified atom stereocenters. The monoisotopic (exact) mass is 158 g/mol. The quantitative estimate of drug-likeness (QED) is 0.274. The smallest absolute Gasteiger partial charge is 0.208 e. The number of benzene rings is 1. The largest absolute Gasteiger partial charge is 0.504 e. The maximum atomic E-state index is 8.75. The molecule has 5 heteroatoms. The molecule has 1 aromatic rings. The zero-order chi connectivity index (χ0) is 8.59. The minimum Gasteiger partial charge on any atom is -0.504 e. The van der Waals surface area contributed by atoms with E-state index in [0.717, 1.165) is 0 Å². The van der Waals surface area contributed by atoms with Gasteiger partial charge in [-0.25, -0.2) is 0 Å². The van der Waals surface area contributed by atoms with Crippen LogP contribution in [0, 0.1) is 0 Å². The lowest BCUT2D eigenvalue weighted by Gasteiger charge is -2.03. The molecule has 0 saturated heterocycles. The van der Waals surface area contributed by atoms with Crippen molar-refractivity contribution in [2.75, 3.05) is 0 Å². The second-order valence-electron chi connectivity index (χ2n) is 1.96. The molecule has 1 aromatic carbocycles.